The smallest absolute Gasteiger partial charge is 0.277 e. The average molecular weight is 533 g/mol. The number of imide groups is 1. The van der Waals surface area contributed by atoms with Crippen LogP contribution in [-0.4, -0.2) is 62.6 Å². The lowest BCUT2D eigenvalue weighted by molar-refractivity contribution is -0.394. The minimum atomic E-state index is -1.17. The summed E-state index contributed by atoms with van der Waals surface area (Å²) in [6.45, 7) is 1.09. The molecule has 17 heteroatoms. The number of unbranched alkanes of at least 4 members (excludes halogenated alkanes) is 1. The summed E-state index contributed by atoms with van der Waals surface area (Å²) in [5.74, 6) is -2.34. The van der Waals surface area contributed by atoms with Crippen molar-refractivity contribution >= 4 is 34.6 Å². The van der Waals surface area contributed by atoms with E-state index in [4.69, 9.17) is 5.73 Å². The highest BCUT2D eigenvalue weighted by Crippen LogP contribution is 2.26. The van der Waals surface area contributed by atoms with Gasteiger partial charge in [-0.3, -0.25) is 54.9 Å². The SMILES string of the molecule is NCCCCNCCCN(C(=O)c1cc([N+](=O)[O-])cc([N+](=O)[O-])c1)C(=O)c1cc([N+](=O)[O-])cc([N+](=O)[O-])c1. The third-order valence-corrected chi connectivity index (χ3v) is 5.18. The number of hydrogen-bond acceptors (Lipinski definition) is 12. The van der Waals surface area contributed by atoms with Crippen molar-refractivity contribution in [3.8, 4) is 0 Å². The van der Waals surface area contributed by atoms with E-state index in [0.29, 0.717) is 36.7 Å². The average Bonchev–Trinajstić information content (AvgIpc) is 2.88. The molecule has 0 saturated heterocycles. The number of rotatable bonds is 14. The number of nitro benzene ring substituents is 4. The molecule has 202 valence electrons. The summed E-state index contributed by atoms with van der Waals surface area (Å²) in [4.78, 5) is 68.4. The van der Waals surface area contributed by atoms with Crippen molar-refractivity contribution in [2.24, 2.45) is 5.73 Å². The number of carbonyl (C=O) groups is 2. The van der Waals surface area contributed by atoms with Crippen LogP contribution in [0.2, 0.25) is 0 Å². The molecule has 3 N–H and O–H groups in total. The first-order valence-corrected chi connectivity index (χ1v) is 11.1. The third-order valence-electron chi connectivity index (χ3n) is 5.18. The Labute approximate surface area is 213 Å². The highest BCUT2D eigenvalue weighted by Gasteiger charge is 2.30. The molecular formula is C21H23N7O10. The summed E-state index contributed by atoms with van der Waals surface area (Å²) in [7, 11) is 0. The summed E-state index contributed by atoms with van der Waals surface area (Å²) in [5.41, 5.74) is 1.20. The lowest BCUT2D eigenvalue weighted by Crippen LogP contribution is -2.39. The number of non-ortho nitro benzene ring substituents is 4. The molecule has 17 nitrogen and oxygen atoms in total. The molecule has 2 aromatic carbocycles. The normalized spacial score (nSPS) is 10.6. The first-order chi connectivity index (χ1) is 18.0. The Kier molecular flexibility index (Phi) is 10.4. The number of nitro groups is 4. The fraction of sp³-hybridized carbons (Fsp3) is 0.333. The van der Waals surface area contributed by atoms with E-state index >= 15 is 0 Å². The van der Waals surface area contributed by atoms with E-state index in [1.165, 1.54) is 0 Å². The molecule has 0 radical (unpaired) electrons. The zero-order chi connectivity index (χ0) is 28.4. The molecule has 2 aromatic rings. The second-order valence-electron chi connectivity index (χ2n) is 7.87. The molecule has 2 rings (SSSR count). The Morgan fingerprint density at radius 1 is 0.658 bits per heavy atom. The fourth-order valence-corrected chi connectivity index (χ4v) is 3.35. The zero-order valence-corrected chi connectivity index (χ0v) is 19.8. The monoisotopic (exact) mass is 533 g/mol. The molecule has 0 aliphatic carbocycles. The van der Waals surface area contributed by atoms with Gasteiger partial charge in [0.15, 0.2) is 0 Å². The van der Waals surface area contributed by atoms with Gasteiger partial charge >= 0.3 is 0 Å². The number of nitrogens with two attached hydrogens (primary N) is 1. The van der Waals surface area contributed by atoms with Crippen LogP contribution in [0.15, 0.2) is 36.4 Å². The molecular weight excluding hydrogens is 510 g/mol. The summed E-state index contributed by atoms with van der Waals surface area (Å²) in [6, 6.07) is 4.26. The predicted molar refractivity (Wildman–Crippen MR) is 131 cm³/mol. The molecule has 0 aliphatic heterocycles. The molecule has 0 spiro atoms. The predicted octanol–water partition coefficient (Wildman–Crippen LogP) is 2.32. The summed E-state index contributed by atoms with van der Waals surface area (Å²) in [6.07, 6.45) is 1.70. The molecule has 0 fully saturated rings. The fourth-order valence-electron chi connectivity index (χ4n) is 3.35. The van der Waals surface area contributed by atoms with E-state index in [-0.39, 0.29) is 13.0 Å². The van der Waals surface area contributed by atoms with Gasteiger partial charge < -0.3 is 11.1 Å². The maximum atomic E-state index is 13.3. The Morgan fingerprint density at radius 2 is 1.03 bits per heavy atom. The van der Waals surface area contributed by atoms with Crippen LogP contribution < -0.4 is 11.1 Å². The first kappa shape index (κ1) is 29.3. The van der Waals surface area contributed by atoms with Crippen LogP contribution in [0.5, 0.6) is 0 Å². The van der Waals surface area contributed by atoms with Crippen LogP contribution in [-0.2, 0) is 0 Å². The second kappa shape index (κ2) is 13.4. The molecule has 0 saturated carbocycles. The summed E-state index contributed by atoms with van der Waals surface area (Å²) < 4.78 is 0. The number of amides is 2. The van der Waals surface area contributed by atoms with Crippen LogP contribution in [0, 0.1) is 40.5 Å². The van der Waals surface area contributed by atoms with Crippen LogP contribution in [0.1, 0.15) is 40.0 Å². The molecule has 0 bridgehead atoms. The first-order valence-electron chi connectivity index (χ1n) is 11.1. The van der Waals surface area contributed by atoms with Gasteiger partial charge in [0.2, 0.25) is 0 Å². The van der Waals surface area contributed by atoms with E-state index in [1.807, 2.05) is 0 Å². The third kappa shape index (κ3) is 7.80. The van der Waals surface area contributed by atoms with Gasteiger partial charge in [0.25, 0.3) is 34.6 Å². The highest BCUT2D eigenvalue weighted by molar-refractivity contribution is 6.11. The number of hydrogen-bond donors (Lipinski definition) is 2. The van der Waals surface area contributed by atoms with Gasteiger partial charge in [-0.05, 0) is 38.9 Å². The molecule has 2 amide bonds. The van der Waals surface area contributed by atoms with Crippen LogP contribution >= 0.6 is 0 Å². The largest absolute Gasteiger partial charge is 0.330 e. The van der Waals surface area contributed by atoms with Gasteiger partial charge in [0, 0.05) is 30.8 Å². The van der Waals surface area contributed by atoms with Gasteiger partial charge in [-0.2, -0.15) is 0 Å². The van der Waals surface area contributed by atoms with Crippen LogP contribution in [0.25, 0.3) is 0 Å². The standard InChI is InChI=1S/C21H23N7O10/c22-4-1-2-5-23-6-3-7-24(20(29)14-8-16(25(31)32)12-17(9-14)26(33)34)21(30)15-10-18(27(35)36)13-19(11-15)28(37)38/h8-13,23H,1-7,22H2. The van der Waals surface area contributed by atoms with Crippen molar-refractivity contribution < 1.29 is 29.3 Å². The topological polar surface area (TPSA) is 248 Å². The number of nitrogens with zero attached hydrogens (tertiary/aromatic N) is 5. The summed E-state index contributed by atoms with van der Waals surface area (Å²) in [5, 5.41) is 48.0. The molecule has 0 aromatic heterocycles. The van der Waals surface area contributed by atoms with Gasteiger partial charge in [-0.25, -0.2) is 0 Å². The highest BCUT2D eigenvalue weighted by atomic mass is 16.6. The number of benzene rings is 2. The molecule has 0 atom stereocenters. The van der Waals surface area contributed by atoms with E-state index in [0.717, 1.165) is 37.1 Å². The van der Waals surface area contributed by atoms with E-state index < -0.39 is 65.4 Å². The van der Waals surface area contributed by atoms with E-state index in [9.17, 15) is 50.0 Å². The van der Waals surface area contributed by atoms with Crippen LogP contribution in [0.3, 0.4) is 0 Å². The van der Waals surface area contributed by atoms with E-state index in [1.54, 1.807) is 0 Å². The molecule has 0 heterocycles. The van der Waals surface area contributed by atoms with Gasteiger partial charge in [0.05, 0.1) is 43.0 Å². The second-order valence-corrected chi connectivity index (χ2v) is 7.87. The number of nitrogens with one attached hydrogen (secondary N) is 1. The summed E-state index contributed by atoms with van der Waals surface area (Å²) >= 11 is 0. The molecule has 0 aliphatic rings. The van der Waals surface area contributed by atoms with Gasteiger partial charge in [-0.1, -0.05) is 0 Å². The Morgan fingerprint density at radius 3 is 1.37 bits per heavy atom. The van der Waals surface area contributed by atoms with Gasteiger partial charge in [0.1, 0.15) is 0 Å². The van der Waals surface area contributed by atoms with Crippen molar-refractivity contribution in [3.63, 3.8) is 0 Å². The van der Waals surface area contributed by atoms with Crippen molar-refractivity contribution in [3.05, 3.63) is 88.0 Å². The van der Waals surface area contributed by atoms with Crippen LogP contribution in [0.4, 0.5) is 22.7 Å². The maximum absolute atomic E-state index is 13.3. The van der Waals surface area contributed by atoms with Gasteiger partial charge in [-0.15, -0.1) is 0 Å². The Hall–Kier alpha value is -4.90. The Bertz CT molecular complexity index is 1110. The maximum Gasteiger partial charge on any atom is 0.277 e. The van der Waals surface area contributed by atoms with E-state index in [2.05, 4.69) is 5.32 Å². The quantitative estimate of drug-likeness (QED) is 0.154. The molecule has 0 unspecified atom stereocenters. The number of carbonyl (C=O) groups excluding carboxylic acids is 2. The Balaban J connectivity index is 2.48. The minimum Gasteiger partial charge on any atom is -0.330 e. The minimum absolute atomic E-state index is 0.161. The molecule has 38 heavy (non-hydrogen) atoms. The van der Waals surface area contributed by atoms with Crippen molar-refractivity contribution in [2.75, 3.05) is 26.2 Å². The zero-order valence-electron chi connectivity index (χ0n) is 19.8. The van der Waals surface area contributed by atoms with Crippen molar-refractivity contribution in [1.29, 1.82) is 0 Å². The lowest BCUT2D eigenvalue weighted by atomic mass is 10.1. The lowest BCUT2D eigenvalue weighted by Gasteiger charge is -2.21. The van der Waals surface area contributed by atoms with Crippen molar-refractivity contribution in [1.82, 2.24) is 10.2 Å². The van der Waals surface area contributed by atoms with Crippen molar-refractivity contribution in [2.45, 2.75) is 19.3 Å².